The molecule has 0 aliphatic rings. The molecule has 1 heterocycles. The van der Waals surface area contributed by atoms with Gasteiger partial charge in [0, 0.05) is 22.1 Å². The van der Waals surface area contributed by atoms with Crippen molar-refractivity contribution in [1.82, 2.24) is 5.32 Å². The van der Waals surface area contributed by atoms with Crippen molar-refractivity contribution in [3.8, 4) is 5.75 Å². The van der Waals surface area contributed by atoms with Crippen LogP contribution in [-0.4, -0.2) is 18.8 Å². The van der Waals surface area contributed by atoms with Crippen LogP contribution < -0.4 is 10.1 Å². The van der Waals surface area contributed by atoms with Crippen LogP contribution in [0.4, 0.5) is 0 Å². The van der Waals surface area contributed by atoms with Crippen molar-refractivity contribution in [3.63, 3.8) is 0 Å². The van der Waals surface area contributed by atoms with E-state index in [0.717, 1.165) is 26.3 Å². The van der Waals surface area contributed by atoms with Gasteiger partial charge in [-0.05, 0) is 37.4 Å². The van der Waals surface area contributed by atoms with Crippen LogP contribution in [-0.2, 0) is 9.59 Å². The molecule has 0 spiro atoms. The van der Waals surface area contributed by atoms with Crippen LogP contribution in [0.25, 0.3) is 10.1 Å². The summed E-state index contributed by atoms with van der Waals surface area (Å²) >= 11 is 1.58. The zero-order valence-electron chi connectivity index (χ0n) is 11.6. The number of thiophene rings is 1. The molecule has 0 fully saturated rings. The van der Waals surface area contributed by atoms with Gasteiger partial charge in [-0.1, -0.05) is 0 Å². The molecule has 2 aromatic rings. The van der Waals surface area contributed by atoms with E-state index in [2.05, 4.69) is 5.32 Å². The van der Waals surface area contributed by atoms with Gasteiger partial charge in [-0.2, -0.15) is 0 Å². The summed E-state index contributed by atoms with van der Waals surface area (Å²) in [6.07, 6.45) is 1.90. The molecule has 1 radical (unpaired) electrons. The first-order valence-corrected chi connectivity index (χ1v) is 7.19. The number of benzene rings is 1. The predicted molar refractivity (Wildman–Crippen MR) is 80.0 cm³/mol. The molecule has 4 nitrogen and oxygen atoms in total. The highest BCUT2D eigenvalue weighted by Crippen LogP contribution is 2.36. The van der Waals surface area contributed by atoms with E-state index in [-0.39, 0.29) is 5.91 Å². The second-order valence-corrected chi connectivity index (χ2v) is 5.67. The SMILES string of the molecule is CCOc1ccc2c(C([C]=O)NC(C)=O)c(C)sc2c1. The second-order valence-electron chi connectivity index (χ2n) is 4.41. The molecule has 0 aliphatic heterocycles. The number of carbonyl (C=O) groups excluding carboxylic acids is 2. The fourth-order valence-electron chi connectivity index (χ4n) is 2.20. The van der Waals surface area contributed by atoms with Crippen LogP contribution in [0.3, 0.4) is 0 Å². The lowest BCUT2D eigenvalue weighted by Crippen LogP contribution is -2.27. The lowest BCUT2D eigenvalue weighted by atomic mass is 10.0. The number of carbonyl (C=O) groups is 1. The van der Waals surface area contributed by atoms with E-state index < -0.39 is 6.04 Å². The third kappa shape index (κ3) is 2.82. The fourth-order valence-corrected chi connectivity index (χ4v) is 3.33. The van der Waals surface area contributed by atoms with Gasteiger partial charge < -0.3 is 10.1 Å². The summed E-state index contributed by atoms with van der Waals surface area (Å²) in [5.41, 5.74) is 0.818. The Morgan fingerprint density at radius 3 is 2.85 bits per heavy atom. The molecule has 0 saturated heterocycles. The summed E-state index contributed by atoms with van der Waals surface area (Å²) in [4.78, 5) is 23.3. The van der Waals surface area contributed by atoms with Crippen LogP contribution in [0.2, 0.25) is 0 Å². The maximum Gasteiger partial charge on any atom is 0.227 e. The van der Waals surface area contributed by atoms with E-state index in [1.54, 1.807) is 11.3 Å². The van der Waals surface area contributed by atoms with Crippen molar-refractivity contribution >= 4 is 33.6 Å². The number of amides is 1. The molecule has 0 saturated carbocycles. The predicted octanol–water partition coefficient (Wildman–Crippen LogP) is 2.90. The fraction of sp³-hybridized carbons (Fsp3) is 0.333. The minimum Gasteiger partial charge on any atom is -0.494 e. The summed E-state index contributed by atoms with van der Waals surface area (Å²) in [6, 6.07) is 5.03. The molecular weight excluding hydrogens is 274 g/mol. The van der Waals surface area contributed by atoms with Gasteiger partial charge in [-0.25, -0.2) is 0 Å². The molecule has 0 aliphatic carbocycles. The summed E-state index contributed by atoms with van der Waals surface area (Å²) in [7, 11) is 0. The summed E-state index contributed by atoms with van der Waals surface area (Å²) < 4.78 is 6.51. The van der Waals surface area contributed by atoms with E-state index in [9.17, 15) is 9.59 Å². The Bertz CT molecular complexity index is 648. The van der Waals surface area contributed by atoms with Crippen molar-refractivity contribution in [1.29, 1.82) is 0 Å². The van der Waals surface area contributed by atoms with Gasteiger partial charge in [0.05, 0.1) is 6.61 Å². The van der Waals surface area contributed by atoms with Gasteiger partial charge in [-0.15, -0.1) is 11.3 Å². The van der Waals surface area contributed by atoms with E-state index in [0.29, 0.717) is 6.61 Å². The minimum absolute atomic E-state index is 0.247. The summed E-state index contributed by atoms with van der Waals surface area (Å²) in [5.74, 6) is 0.557. The molecule has 20 heavy (non-hydrogen) atoms. The van der Waals surface area contributed by atoms with Crippen molar-refractivity contribution in [2.24, 2.45) is 0 Å². The Hall–Kier alpha value is -1.88. The third-order valence-corrected chi connectivity index (χ3v) is 4.03. The number of rotatable bonds is 5. The highest BCUT2D eigenvalue weighted by molar-refractivity contribution is 7.19. The minimum atomic E-state index is -0.723. The maximum absolute atomic E-state index is 11.2. The molecule has 5 heteroatoms. The second kappa shape index (κ2) is 6.05. The van der Waals surface area contributed by atoms with Crippen molar-refractivity contribution in [2.75, 3.05) is 6.61 Å². The monoisotopic (exact) mass is 290 g/mol. The van der Waals surface area contributed by atoms with E-state index in [1.807, 2.05) is 38.3 Å². The lowest BCUT2D eigenvalue weighted by Gasteiger charge is -2.11. The molecule has 1 N–H and O–H groups in total. The van der Waals surface area contributed by atoms with Gasteiger partial charge in [0.2, 0.25) is 12.2 Å². The zero-order chi connectivity index (χ0) is 14.7. The number of ether oxygens (including phenoxy) is 1. The van der Waals surface area contributed by atoms with Gasteiger partial charge in [0.15, 0.2) is 0 Å². The number of hydrogen-bond acceptors (Lipinski definition) is 4. The van der Waals surface area contributed by atoms with Gasteiger partial charge in [0.25, 0.3) is 0 Å². The topological polar surface area (TPSA) is 55.4 Å². The van der Waals surface area contributed by atoms with Gasteiger partial charge >= 0.3 is 0 Å². The first kappa shape index (κ1) is 14.5. The largest absolute Gasteiger partial charge is 0.494 e. The summed E-state index contributed by atoms with van der Waals surface area (Å²) in [6.45, 7) is 5.87. The Kier molecular flexibility index (Phi) is 4.39. The van der Waals surface area contributed by atoms with Crippen LogP contribution >= 0.6 is 11.3 Å². The number of fused-ring (bicyclic) bond motifs is 1. The molecule has 1 aromatic carbocycles. The molecule has 1 aromatic heterocycles. The van der Waals surface area contributed by atoms with Crippen molar-refractivity contribution < 1.29 is 14.3 Å². The molecule has 1 atom stereocenters. The Balaban J connectivity index is 2.50. The van der Waals surface area contributed by atoms with Gasteiger partial charge in [-0.3, -0.25) is 9.59 Å². The van der Waals surface area contributed by atoms with Crippen LogP contribution in [0.5, 0.6) is 5.75 Å². The number of nitrogens with one attached hydrogen (secondary N) is 1. The molecular formula is C15H16NO3S. The average molecular weight is 290 g/mol. The molecule has 1 unspecified atom stereocenters. The lowest BCUT2D eigenvalue weighted by molar-refractivity contribution is -0.119. The first-order valence-electron chi connectivity index (χ1n) is 6.37. The number of hydrogen-bond donors (Lipinski definition) is 1. The Morgan fingerprint density at radius 1 is 1.50 bits per heavy atom. The van der Waals surface area contributed by atoms with Crippen molar-refractivity contribution in [2.45, 2.75) is 26.8 Å². The maximum atomic E-state index is 11.2. The normalized spacial score (nSPS) is 12.2. The standard InChI is InChI=1S/C15H16NO3S/c1-4-19-11-5-6-12-14(7-11)20-9(2)15(12)13(8-17)16-10(3)18/h5-7,13H,4H2,1-3H3,(H,16,18). The molecule has 1 amide bonds. The summed E-state index contributed by atoms with van der Waals surface area (Å²) in [5, 5.41) is 3.57. The molecule has 105 valence electrons. The van der Waals surface area contributed by atoms with Crippen LogP contribution in [0.1, 0.15) is 30.3 Å². The molecule has 0 bridgehead atoms. The van der Waals surface area contributed by atoms with E-state index in [4.69, 9.17) is 4.74 Å². The average Bonchev–Trinajstić information content (AvgIpc) is 2.71. The number of aryl methyl sites for hydroxylation is 1. The van der Waals surface area contributed by atoms with Crippen LogP contribution in [0.15, 0.2) is 18.2 Å². The Morgan fingerprint density at radius 2 is 2.25 bits per heavy atom. The van der Waals surface area contributed by atoms with Crippen molar-refractivity contribution in [3.05, 3.63) is 28.6 Å². The van der Waals surface area contributed by atoms with E-state index >= 15 is 0 Å². The van der Waals surface area contributed by atoms with Crippen LogP contribution in [0, 0.1) is 6.92 Å². The highest BCUT2D eigenvalue weighted by Gasteiger charge is 2.20. The quantitative estimate of drug-likeness (QED) is 0.921. The van der Waals surface area contributed by atoms with E-state index in [1.165, 1.54) is 6.92 Å². The first-order chi connectivity index (χ1) is 9.56. The highest BCUT2D eigenvalue weighted by atomic mass is 32.1. The van der Waals surface area contributed by atoms with Gasteiger partial charge in [0.1, 0.15) is 11.8 Å². The molecule has 2 rings (SSSR count). The Labute approximate surface area is 121 Å². The zero-order valence-corrected chi connectivity index (χ0v) is 12.5. The third-order valence-electron chi connectivity index (χ3n) is 2.95. The smallest absolute Gasteiger partial charge is 0.227 e.